The van der Waals surface area contributed by atoms with Crippen LogP contribution in [0.15, 0.2) is 36.5 Å². The van der Waals surface area contributed by atoms with Gasteiger partial charge in [0.15, 0.2) is 11.6 Å². The zero-order valence-corrected chi connectivity index (χ0v) is 27.7. The smallest absolute Gasteiger partial charge is 0.318 e. The first-order valence-electron chi connectivity index (χ1n) is 15.9. The maximum absolute atomic E-state index is 16.5. The Morgan fingerprint density at radius 2 is 2.02 bits per heavy atom. The fourth-order valence-corrected chi connectivity index (χ4v) is 8.01. The lowest BCUT2D eigenvalue weighted by Gasteiger charge is -2.34. The number of anilines is 3. The summed E-state index contributed by atoms with van der Waals surface area (Å²) < 4.78 is 41.4. The monoisotopic (exact) mass is 681 g/mol. The fourth-order valence-electron chi connectivity index (χ4n) is 7.07. The summed E-state index contributed by atoms with van der Waals surface area (Å²) in [5, 5.41) is 10.9. The van der Waals surface area contributed by atoms with Crippen molar-refractivity contribution in [1.82, 2.24) is 24.8 Å². The number of nitriles is 1. The quantitative estimate of drug-likeness (QED) is 0.227. The van der Waals surface area contributed by atoms with Crippen LogP contribution in [0.4, 0.5) is 25.4 Å². The van der Waals surface area contributed by atoms with E-state index in [2.05, 4.69) is 36.8 Å². The van der Waals surface area contributed by atoms with Crippen LogP contribution in [0.25, 0.3) is 32.2 Å². The fraction of sp³-hybridized carbons (Fsp3) is 0.343. The third-order valence-corrected chi connectivity index (χ3v) is 10.3. The van der Waals surface area contributed by atoms with Crippen molar-refractivity contribution < 1.29 is 18.3 Å². The molecule has 2 saturated heterocycles. The minimum Gasteiger partial charge on any atom is -0.474 e. The highest BCUT2D eigenvalue weighted by molar-refractivity contribution is 7.23. The molecule has 5 aromatic rings. The molecular weight excluding hydrogens is 649 g/mol. The normalized spacial score (nSPS) is 20.4. The summed E-state index contributed by atoms with van der Waals surface area (Å²) in [7, 11) is 1.39. The number of pyridine rings is 2. The predicted octanol–water partition coefficient (Wildman–Crippen LogP) is 5.64. The topological polar surface area (TPSA) is 152 Å². The molecular formula is C35H33F2N9O2S. The number of fused-ring (bicyclic) bond motifs is 2. The molecule has 0 radical (unpaired) electrons. The van der Waals surface area contributed by atoms with E-state index in [1.165, 1.54) is 31.3 Å². The molecule has 4 atom stereocenters. The molecule has 0 saturated carbocycles. The molecule has 3 aliphatic rings. The van der Waals surface area contributed by atoms with Crippen molar-refractivity contribution >= 4 is 49.0 Å². The molecule has 250 valence electrons. The molecule has 0 bridgehead atoms. The van der Waals surface area contributed by atoms with Gasteiger partial charge in [-0.3, -0.25) is 4.90 Å². The van der Waals surface area contributed by atoms with Crippen molar-refractivity contribution in [3.63, 3.8) is 0 Å². The second-order valence-corrected chi connectivity index (χ2v) is 13.2. The average Bonchev–Trinajstić information content (AvgIpc) is 3.76. The first-order chi connectivity index (χ1) is 23.7. The minimum atomic E-state index is -0.738. The number of halogens is 2. The van der Waals surface area contributed by atoms with Gasteiger partial charge < -0.3 is 25.8 Å². The largest absolute Gasteiger partial charge is 0.474 e. The van der Waals surface area contributed by atoms with Gasteiger partial charge in [0.1, 0.15) is 52.3 Å². The van der Waals surface area contributed by atoms with Crippen LogP contribution in [0.2, 0.25) is 0 Å². The molecule has 2 fully saturated rings. The average molecular weight is 682 g/mol. The van der Waals surface area contributed by atoms with Gasteiger partial charge in [-0.1, -0.05) is 24.1 Å². The molecule has 4 N–H and O–H groups in total. The molecule has 0 spiro atoms. The first-order valence-corrected chi connectivity index (χ1v) is 16.7. The summed E-state index contributed by atoms with van der Waals surface area (Å²) in [4.78, 5) is 21.8. The van der Waals surface area contributed by atoms with Crippen LogP contribution in [0, 0.1) is 29.5 Å². The van der Waals surface area contributed by atoms with E-state index < -0.39 is 24.1 Å². The van der Waals surface area contributed by atoms with Crippen molar-refractivity contribution in [2.24, 2.45) is 0 Å². The van der Waals surface area contributed by atoms with E-state index in [9.17, 15) is 9.65 Å². The number of hydrogen-bond acceptors (Lipinski definition) is 12. The lowest BCUT2D eigenvalue weighted by molar-refractivity contribution is 0.292. The number of aromatic nitrogens is 4. The Morgan fingerprint density at radius 1 is 1.18 bits per heavy atom. The van der Waals surface area contributed by atoms with E-state index in [1.54, 1.807) is 24.4 Å². The highest BCUT2D eigenvalue weighted by Crippen LogP contribution is 2.45. The van der Waals surface area contributed by atoms with Gasteiger partial charge in [-0.2, -0.15) is 15.2 Å². The van der Waals surface area contributed by atoms with Crippen molar-refractivity contribution in [3.8, 4) is 41.6 Å². The van der Waals surface area contributed by atoms with Crippen molar-refractivity contribution in [3.05, 3.63) is 53.5 Å². The molecule has 11 nitrogen and oxygen atoms in total. The Kier molecular flexibility index (Phi) is 8.52. The van der Waals surface area contributed by atoms with Crippen LogP contribution >= 0.6 is 11.3 Å². The van der Waals surface area contributed by atoms with Crippen LogP contribution in [0.5, 0.6) is 11.9 Å². The van der Waals surface area contributed by atoms with Crippen molar-refractivity contribution in [2.75, 3.05) is 43.2 Å². The number of ether oxygens (including phenoxy) is 2. The number of benzene rings is 1. The molecule has 0 amide bonds. The summed E-state index contributed by atoms with van der Waals surface area (Å²) in [5.41, 5.74) is 13.5. The first kappa shape index (κ1) is 32.2. The summed E-state index contributed by atoms with van der Waals surface area (Å²) in [6, 6.07) is 10.4. The summed E-state index contributed by atoms with van der Waals surface area (Å²) >= 11 is 1.24. The second kappa shape index (κ2) is 13.0. The Bertz CT molecular complexity index is 2150. The molecule has 4 unspecified atom stereocenters. The van der Waals surface area contributed by atoms with E-state index in [1.807, 2.05) is 24.0 Å². The van der Waals surface area contributed by atoms with Gasteiger partial charge in [0.05, 0.1) is 18.7 Å². The number of nitrogens with two attached hydrogens (primary N) is 2. The van der Waals surface area contributed by atoms with Gasteiger partial charge in [-0.05, 0) is 44.9 Å². The van der Waals surface area contributed by atoms with Crippen molar-refractivity contribution in [2.45, 2.75) is 50.5 Å². The Hall–Kier alpha value is -5.31. The minimum absolute atomic E-state index is 0.0197. The summed E-state index contributed by atoms with van der Waals surface area (Å²) in [5.74, 6) is 2.71. The van der Waals surface area contributed by atoms with E-state index in [-0.39, 0.29) is 46.5 Å². The highest BCUT2D eigenvalue weighted by atomic mass is 32.1. The standard InChI is InChI=1S/C28H21FN8O2S.C7H12FN/c1-4-14-12-39-27-20-23(21(29)22(34-27)16-7-5-9-18-19(16)17(11-30)25(32)40-18)35-28(38-3)36-26(20)37(14)13(2)15-8-6-10-33-24(15)31;8-6-4-7-2-1-3-9(7)5-6/h1,5-10,13-14H,12,32H2,2-3H3,(H2,31,33);6-7H,1-5H2. The van der Waals surface area contributed by atoms with Gasteiger partial charge in [0.2, 0.25) is 5.88 Å². The number of nitrogen functional groups attached to an aromatic ring is 2. The second-order valence-electron chi connectivity index (χ2n) is 12.1. The van der Waals surface area contributed by atoms with Gasteiger partial charge in [-0.25, -0.2) is 18.7 Å². The number of methoxy groups -OCH3 is 1. The molecule has 14 heteroatoms. The number of terminal acetylenes is 1. The molecule has 7 heterocycles. The van der Waals surface area contributed by atoms with E-state index >= 15 is 4.39 Å². The molecule has 49 heavy (non-hydrogen) atoms. The number of rotatable bonds is 4. The number of nitrogens with zero attached hydrogens (tertiary/aromatic N) is 7. The maximum Gasteiger partial charge on any atom is 0.318 e. The van der Waals surface area contributed by atoms with Crippen molar-refractivity contribution in [1.29, 1.82) is 5.26 Å². The molecule has 4 aromatic heterocycles. The SMILES string of the molecule is C#CC1COc2nc(-c3cccc4sc(N)c(C#N)c34)c(F)c3nc(OC)nc(c23)N1C(C)c1cccnc1N.FC1CC2CCCN2C1. The Morgan fingerprint density at radius 3 is 2.76 bits per heavy atom. The van der Waals surface area contributed by atoms with Crippen LogP contribution in [-0.2, 0) is 0 Å². The number of hydrogen-bond donors (Lipinski definition) is 2. The highest BCUT2D eigenvalue weighted by Gasteiger charge is 2.36. The maximum atomic E-state index is 16.5. The van der Waals surface area contributed by atoms with E-state index in [4.69, 9.17) is 27.4 Å². The molecule has 1 aromatic carbocycles. The van der Waals surface area contributed by atoms with Crippen LogP contribution in [-0.4, -0.2) is 69.9 Å². The van der Waals surface area contributed by atoms with E-state index in [0.717, 1.165) is 17.7 Å². The van der Waals surface area contributed by atoms with Gasteiger partial charge >= 0.3 is 6.01 Å². The van der Waals surface area contributed by atoms with Gasteiger partial charge in [0.25, 0.3) is 0 Å². The lowest BCUT2D eigenvalue weighted by atomic mass is 10.0. The molecule has 8 rings (SSSR count). The zero-order valence-electron chi connectivity index (χ0n) is 26.9. The van der Waals surface area contributed by atoms with Crippen LogP contribution in [0.1, 0.15) is 43.4 Å². The molecule has 3 aliphatic heterocycles. The van der Waals surface area contributed by atoms with Crippen LogP contribution < -0.4 is 25.8 Å². The van der Waals surface area contributed by atoms with Gasteiger partial charge in [-0.15, -0.1) is 17.8 Å². The van der Waals surface area contributed by atoms with Gasteiger partial charge in [0, 0.05) is 40.0 Å². The predicted molar refractivity (Wildman–Crippen MR) is 186 cm³/mol. The molecule has 0 aliphatic carbocycles. The van der Waals surface area contributed by atoms with E-state index in [0.29, 0.717) is 39.9 Å². The summed E-state index contributed by atoms with van der Waals surface area (Å²) in [6.07, 6.45) is 10.4. The van der Waals surface area contributed by atoms with Crippen LogP contribution in [0.3, 0.4) is 0 Å². The number of thiophene rings is 1. The zero-order chi connectivity index (χ0) is 34.4. The summed E-state index contributed by atoms with van der Waals surface area (Å²) in [6.45, 7) is 3.77. The number of alkyl halides is 1. The third kappa shape index (κ3) is 5.57. The lowest BCUT2D eigenvalue weighted by Crippen LogP contribution is -2.40. The Labute approximate surface area is 285 Å². The third-order valence-electron chi connectivity index (χ3n) is 9.35. The Balaban J connectivity index is 0.000000361.